The predicted octanol–water partition coefficient (Wildman–Crippen LogP) is 4.68. The lowest BCUT2D eigenvalue weighted by Crippen LogP contribution is -2.64. The highest BCUT2D eigenvalue weighted by Gasteiger charge is 2.52. The summed E-state index contributed by atoms with van der Waals surface area (Å²) in [5, 5.41) is 118. The summed E-state index contributed by atoms with van der Waals surface area (Å²) < 4.78 is 102. The Hall–Kier alpha value is -6.74. The number of cyclic esters (lactones) is 1. The third-order valence-corrected chi connectivity index (χ3v) is 16.5. The minimum Gasteiger partial charge on any atom is -0.461 e. The topological polar surface area (TPSA) is 361 Å². The Labute approximate surface area is 559 Å². The molecule has 28 heteroatoms. The van der Waals surface area contributed by atoms with Gasteiger partial charge in [0.15, 0.2) is 17.9 Å². The number of ether oxygens (including phenoxy) is 5. The molecule has 0 radical (unpaired) electrons. The number of carbonyl (C=O) groups excluding carboxylic acids is 5. The molecule has 2 bridgehead atoms. The molecule has 2 fully saturated rings. The van der Waals surface area contributed by atoms with Crippen molar-refractivity contribution in [1.82, 2.24) is 10.2 Å². The maximum absolute atomic E-state index is 15.0. The van der Waals surface area contributed by atoms with Crippen molar-refractivity contribution < 1.29 is 121 Å². The van der Waals surface area contributed by atoms with Crippen molar-refractivity contribution in [3.63, 3.8) is 0 Å². The average molecular weight is 1380 g/mol. The number of aliphatic hydroxyl groups is 10. The number of benzene rings is 2. The molecular weight excluding hydrogens is 1290 g/mol. The predicted molar refractivity (Wildman–Crippen MR) is 342 cm³/mol. The first kappa shape index (κ1) is 80.9. The van der Waals surface area contributed by atoms with Crippen LogP contribution >= 0.6 is 0 Å². The molecule has 0 aromatic heterocycles. The minimum atomic E-state index is -2.71. The first-order chi connectivity index (χ1) is 45.8. The van der Waals surface area contributed by atoms with E-state index in [1.165, 1.54) is 30.1 Å². The van der Waals surface area contributed by atoms with Gasteiger partial charge < -0.3 is 90.3 Å². The van der Waals surface area contributed by atoms with Crippen molar-refractivity contribution >= 4 is 35.1 Å². The van der Waals surface area contributed by atoms with Crippen molar-refractivity contribution in [2.75, 3.05) is 33.0 Å². The summed E-state index contributed by atoms with van der Waals surface area (Å²) >= 11 is 0. The quantitative estimate of drug-likeness (QED) is 0.0287. The molecule has 2 saturated heterocycles. The SMILES string of the molecule is CNc1ccc(C(=O)C[C@H](O)CC[C@H](C)C2OC(=O)C[C@H](O)CC(=O)C[C@H](O)C[C@@H](O)C[C@@H](O)C[C@H](O)C[C@]3(O)C[C@H](O)[C@@H](C(=O)Oc4c(F)c(F)c(F)c(F)c4F)C(C[C@@H](O[C@@H]4O[C@H](C)[C@@H](O)[C@H](NC(=O)CN(C)C)[C@@H]4O)C=CC=CC=CC=CC=CC=CC=C[C@@H]2C)O3)cc1. The average Bonchev–Trinajstić information content (AvgIpc) is 0.776. The Bertz CT molecular complexity index is 3100. The summed E-state index contributed by atoms with van der Waals surface area (Å²) in [4.78, 5) is 67.9. The molecule has 2 unspecified atom stereocenters. The lowest BCUT2D eigenvalue weighted by molar-refractivity contribution is -0.308. The van der Waals surface area contributed by atoms with E-state index in [2.05, 4.69) is 10.6 Å². The number of aliphatic hydroxyl groups excluding tert-OH is 9. The van der Waals surface area contributed by atoms with Crippen LogP contribution in [0.2, 0.25) is 0 Å². The maximum atomic E-state index is 15.0. The number of nitrogens with one attached hydrogen (secondary N) is 2. The van der Waals surface area contributed by atoms with E-state index in [1.54, 1.807) is 119 Å². The van der Waals surface area contributed by atoms with Crippen LogP contribution in [0.5, 0.6) is 5.75 Å². The van der Waals surface area contributed by atoms with E-state index in [1.807, 2.05) is 6.92 Å². The zero-order chi connectivity index (χ0) is 71.8. The molecule has 3 aliphatic rings. The van der Waals surface area contributed by atoms with E-state index in [9.17, 15) is 88.2 Å². The maximum Gasteiger partial charge on any atom is 0.319 e. The number of likely N-dealkylation sites (N-methyl/N-ethyl adjacent to an activating group) is 1. The zero-order valence-electron chi connectivity index (χ0n) is 54.9. The third kappa shape index (κ3) is 25.8. The highest BCUT2D eigenvalue weighted by atomic mass is 19.2. The zero-order valence-corrected chi connectivity index (χ0v) is 54.9. The van der Waals surface area contributed by atoms with Gasteiger partial charge in [-0.3, -0.25) is 24.0 Å². The standard InChI is InChI=1S/C69H92F5N3O20/c1-38-19-17-15-13-11-9-7-8-10-12-14-16-18-20-50(94-68-64(90)62(63(89)40(3)93-68)76-54(87)37-77(5)6)34-53-56(67(91)96-66-60(73)58(71)57(70)59(72)61(66)74)52(86)36-69(92,97-53)35-49(84)31-47(82)29-45(80)27-44(79)28-46(81)30-48(83)33-55(88)95-65(38)39(2)21-26-43(78)32-51(85)41-22-24-42(75-4)25-23-41/h7-20,22-25,38-40,43-45,47-50,52-53,56,62-65,68,75,78-80,82-84,86,89-90,92H,21,26-37H2,1-6H3,(H,76,87)/t38-,39-,40+,43+,44+,45+,47+,48+,49-,50-,52-,53?,56+,62-,63+,64-,65?,68-,69+/m0/s1. The Morgan fingerprint density at radius 1 is 0.680 bits per heavy atom. The summed E-state index contributed by atoms with van der Waals surface area (Å²) in [6, 6.07) is 5.39. The third-order valence-electron chi connectivity index (χ3n) is 16.5. The van der Waals surface area contributed by atoms with Gasteiger partial charge in [0.1, 0.15) is 30.0 Å². The van der Waals surface area contributed by atoms with Crippen LogP contribution in [0.4, 0.5) is 27.6 Å². The van der Waals surface area contributed by atoms with Crippen LogP contribution in [-0.4, -0.2) is 211 Å². The summed E-state index contributed by atoms with van der Waals surface area (Å²) in [7, 11) is 4.93. The Morgan fingerprint density at radius 3 is 1.79 bits per heavy atom. The number of esters is 2. The second kappa shape index (κ2) is 39.2. The lowest BCUT2D eigenvalue weighted by atomic mass is 9.82. The molecule has 0 spiro atoms. The van der Waals surface area contributed by atoms with Gasteiger partial charge in [-0.05, 0) is 83.3 Å². The summed E-state index contributed by atoms with van der Waals surface area (Å²) in [5.41, 5.74) is 1.24. The van der Waals surface area contributed by atoms with Crippen LogP contribution in [0.15, 0.2) is 109 Å². The molecule has 538 valence electrons. The van der Waals surface area contributed by atoms with Crippen LogP contribution in [0.1, 0.15) is 108 Å². The van der Waals surface area contributed by atoms with Gasteiger partial charge in [-0.1, -0.05) is 98.9 Å². The van der Waals surface area contributed by atoms with Gasteiger partial charge in [-0.2, -0.15) is 8.78 Å². The number of Topliss-reactive ketones (excluding diaryl/α,β-unsaturated/α-hetero) is 2. The van der Waals surface area contributed by atoms with Gasteiger partial charge in [-0.25, -0.2) is 13.2 Å². The Balaban J connectivity index is 1.44. The van der Waals surface area contributed by atoms with Gasteiger partial charge in [-0.15, -0.1) is 0 Å². The van der Waals surface area contributed by atoms with Crippen molar-refractivity contribution in [2.24, 2.45) is 17.8 Å². The number of allylic oxidation sites excluding steroid dienone is 12. The van der Waals surface area contributed by atoms with E-state index >= 15 is 8.78 Å². The van der Waals surface area contributed by atoms with Gasteiger partial charge in [0, 0.05) is 62.7 Å². The molecule has 3 heterocycles. The molecule has 19 atom stereocenters. The number of halogens is 5. The van der Waals surface area contributed by atoms with Gasteiger partial charge in [0.2, 0.25) is 40.7 Å². The number of carbonyl (C=O) groups is 5. The molecule has 2 aromatic rings. The number of rotatable bonds is 15. The molecule has 5 rings (SSSR count). The number of anilines is 1. The number of hydrogen-bond acceptors (Lipinski definition) is 22. The van der Waals surface area contributed by atoms with E-state index < -0.39 is 226 Å². The molecule has 3 aliphatic heterocycles. The van der Waals surface area contributed by atoms with E-state index in [0.717, 1.165) is 5.69 Å². The fourth-order valence-electron chi connectivity index (χ4n) is 11.5. The van der Waals surface area contributed by atoms with Crippen molar-refractivity contribution in [3.8, 4) is 5.75 Å². The Kier molecular flexibility index (Phi) is 32.7. The van der Waals surface area contributed by atoms with E-state index in [-0.39, 0.29) is 31.1 Å². The molecule has 23 nitrogen and oxygen atoms in total. The largest absolute Gasteiger partial charge is 0.461 e. The first-order valence-electron chi connectivity index (χ1n) is 32.0. The minimum absolute atomic E-state index is 0.144. The number of nitrogens with zero attached hydrogens (tertiary/aromatic N) is 1. The molecule has 2 aromatic carbocycles. The molecule has 1 amide bonds. The van der Waals surface area contributed by atoms with Crippen LogP contribution in [0.3, 0.4) is 0 Å². The second-order valence-corrected chi connectivity index (χ2v) is 25.2. The summed E-state index contributed by atoms with van der Waals surface area (Å²) in [5.74, 6) is -24.7. The van der Waals surface area contributed by atoms with Gasteiger partial charge >= 0.3 is 11.9 Å². The smallest absolute Gasteiger partial charge is 0.319 e. The molecular formula is C69H92F5N3O20. The van der Waals surface area contributed by atoms with Crippen molar-refractivity contribution in [3.05, 3.63) is 144 Å². The molecule has 12 N–H and O–H groups in total. The number of fused-ring (bicyclic) bond motifs is 2. The second-order valence-electron chi connectivity index (χ2n) is 25.2. The number of amides is 1. The first-order valence-corrected chi connectivity index (χ1v) is 32.0. The monoisotopic (exact) mass is 1380 g/mol. The van der Waals surface area contributed by atoms with Crippen LogP contribution < -0.4 is 15.4 Å². The van der Waals surface area contributed by atoms with E-state index in [0.29, 0.717) is 12.0 Å². The summed E-state index contributed by atoms with van der Waals surface area (Å²) in [6.07, 6.45) is -4.96. The van der Waals surface area contributed by atoms with Crippen molar-refractivity contribution in [2.45, 2.75) is 195 Å². The van der Waals surface area contributed by atoms with Crippen molar-refractivity contribution in [1.29, 1.82) is 0 Å². The number of hydrogen-bond donors (Lipinski definition) is 12. The van der Waals surface area contributed by atoms with Crippen LogP contribution in [0.25, 0.3) is 0 Å². The fraction of sp³-hybridized carbons (Fsp3) is 0.551. The highest BCUT2D eigenvalue weighted by Crippen LogP contribution is 2.40. The van der Waals surface area contributed by atoms with E-state index in [4.69, 9.17) is 23.7 Å². The highest BCUT2D eigenvalue weighted by molar-refractivity contribution is 5.96. The Morgan fingerprint density at radius 2 is 1.22 bits per heavy atom. The fourth-order valence-corrected chi connectivity index (χ4v) is 11.5. The number of ketones is 2. The lowest BCUT2D eigenvalue weighted by Gasteiger charge is -2.46. The van der Waals surface area contributed by atoms with Crippen LogP contribution in [0, 0.1) is 46.8 Å². The van der Waals surface area contributed by atoms with Gasteiger partial charge in [0.25, 0.3) is 0 Å². The molecule has 0 aliphatic carbocycles. The summed E-state index contributed by atoms with van der Waals surface area (Å²) in [6.45, 7) is 4.84. The normalized spacial score (nSPS) is 31.1. The molecule has 97 heavy (non-hydrogen) atoms. The molecule has 0 saturated carbocycles. The van der Waals surface area contributed by atoms with Gasteiger partial charge in [0.05, 0.1) is 80.0 Å². The van der Waals surface area contributed by atoms with Crippen LogP contribution in [-0.2, 0) is 38.1 Å².